The van der Waals surface area contributed by atoms with Gasteiger partial charge in [-0.05, 0) is 37.8 Å². The summed E-state index contributed by atoms with van der Waals surface area (Å²) in [6.07, 6.45) is 6.84. The Balaban J connectivity index is 1.57. The number of carbonyl (C=O) groups excluding carboxylic acids is 1. The van der Waals surface area contributed by atoms with E-state index in [1.807, 2.05) is 25.1 Å². The van der Waals surface area contributed by atoms with Crippen molar-refractivity contribution in [3.05, 3.63) is 48.3 Å². The van der Waals surface area contributed by atoms with Crippen LogP contribution in [0.15, 0.2) is 36.8 Å². The molecule has 1 saturated carbocycles. The van der Waals surface area contributed by atoms with Crippen LogP contribution < -0.4 is 10.6 Å². The van der Waals surface area contributed by atoms with E-state index in [0.717, 1.165) is 37.4 Å². The Morgan fingerprint density at radius 3 is 2.79 bits per heavy atom. The molecule has 0 unspecified atom stereocenters. The predicted octanol–water partition coefficient (Wildman–Crippen LogP) is 2.70. The van der Waals surface area contributed by atoms with E-state index in [-0.39, 0.29) is 24.0 Å². The topological polar surface area (TPSA) is 89.0 Å². The van der Waals surface area contributed by atoms with E-state index in [1.54, 1.807) is 6.20 Å². The lowest BCUT2D eigenvalue weighted by Crippen LogP contribution is -2.45. The van der Waals surface area contributed by atoms with E-state index >= 15 is 0 Å². The second-order valence-electron chi connectivity index (χ2n) is 6.93. The quantitative estimate of drug-likeness (QED) is 0.724. The highest BCUT2D eigenvalue weighted by atomic mass is 19.1. The van der Waals surface area contributed by atoms with E-state index < -0.39 is 5.82 Å². The van der Waals surface area contributed by atoms with Crippen LogP contribution in [0.25, 0.3) is 0 Å². The Morgan fingerprint density at radius 2 is 2.07 bits per heavy atom. The summed E-state index contributed by atoms with van der Waals surface area (Å²) in [7, 11) is 0. The van der Waals surface area contributed by atoms with Gasteiger partial charge in [-0.3, -0.25) is 9.78 Å². The van der Waals surface area contributed by atoms with Gasteiger partial charge >= 0.3 is 0 Å². The molecule has 1 aliphatic carbocycles. The monoisotopic (exact) mass is 387 g/mol. The Hall–Kier alpha value is -2.61. The first-order valence-electron chi connectivity index (χ1n) is 9.69. The van der Waals surface area contributed by atoms with Crippen LogP contribution in [0.5, 0.6) is 0 Å². The third-order valence-electron chi connectivity index (χ3n) is 4.80. The molecule has 2 N–H and O–H groups in total. The second kappa shape index (κ2) is 10.1. The molecule has 0 aliphatic heterocycles. The summed E-state index contributed by atoms with van der Waals surface area (Å²) in [5, 5.41) is 6.20. The fourth-order valence-corrected chi connectivity index (χ4v) is 3.36. The molecule has 3 atom stereocenters. The molecule has 0 aromatic carbocycles. The maximum Gasteiger partial charge on any atom is 0.223 e. The highest BCUT2D eigenvalue weighted by Crippen LogP contribution is 2.29. The highest BCUT2D eigenvalue weighted by molar-refractivity contribution is 5.78. The van der Waals surface area contributed by atoms with Crippen molar-refractivity contribution < 1.29 is 13.9 Å². The summed E-state index contributed by atoms with van der Waals surface area (Å²) in [6, 6.07) is 5.62. The van der Waals surface area contributed by atoms with Crippen LogP contribution >= 0.6 is 0 Å². The lowest BCUT2D eigenvalue weighted by Gasteiger charge is -2.35. The van der Waals surface area contributed by atoms with Gasteiger partial charge in [0.2, 0.25) is 11.9 Å². The molecule has 1 aliphatic rings. The van der Waals surface area contributed by atoms with Crippen molar-refractivity contribution >= 4 is 11.9 Å². The molecule has 2 aromatic heterocycles. The number of aromatic nitrogens is 3. The van der Waals surface area contributed by atoms with Gasteiger partial charge in [0.25, 0.3) is 0 Å². The molecule has 3 rings (SSSR count). The molecule has 1 fully saturated rings. The molecule has 28 heavy (non-hydrogen) atoms. The van der Waals surface area contributed by atoms with Gasteiger partial charge in [0.05, 0.1) is 36.8 Å². The number of nitrogens with zero attached hydrogens (tertiary/aromatic N) is 3. The second-order valence-corrected chi connectivity index (χ2v) is 6.93. The van der Waals surface area contributed by atoms with Crippen molar-refractivity contribution in [1.82, 2.24) is 20.3 Å². The number of ether oxygens (including phenoxy) is 1. The van der Waals surface area contributed by atoms with Gasteiger partial charge in [-0.2, -0.15) is 0 Å². The number of hydrogen-bond acceptors (Lipinski definition) is 6. The van der Waals surface area contributed by atoms with E-state index in [4.69, 9.17) is 4.74 Å². The number of hydrogen-bond donors (Lipinski definition) is 2. The first-order chi connectivity index (χ1) is 13.7. The molecule has 150 valence electrons. The number of carbonyl (C=O) groups is 1. The number of halogens is 1. The SMILES string of the molecule is CCCO[C@H]1C[C@@H](C(=O)NCc2ccccn2)CC[C@@H]1Nc1ncc(F)cn1. The third-order valence-corrected chi connectivity index (χ3v) is 4.80. The van der Waals surface area contributed by atoms with Crippen molar-refractivity contribution in [2.24, 2.45) is 5.92 Å². The first kappa shape index (κ1) is 20.1. The van der Waals surface area contributed by atoms with Crippen molar-refractivity contribution in [3.63, 3.8) is 0 Å². The number of amides is 1. The molecule has 0 bridgehead atoms. The fraction of sp³-hybridized carbons (Fsp3) is 0.500. The lowest BCUT2D eigenvalue weighted by molar-refractivity contribution is -0.128. The summed E-state index contributed by atoms with van der Waals surface area (Å²) < 4.78 is 19.0. The lowest BCUT2D eigenvalue weighted by atomic mass is 9.83. The van der Waals surface area contributed by atoms with Crippen LogP contribution in [0.2, 0.25) is 0 Å². The minimum absolute atomic E-state index is 0.0168. The average Bonchev–Trinajstić information content (AvgIpc) is 2.73. The summed E-state index contributed by atoms with van der Waals surface area (Å²) in [5.74, 6) is -0.197. The summed E-state index contributed by atoms with van der Waals surface area (Å²) in [4.78, 5) is 24.8. The Bertz CT molecular complexity index is 744. The van der Waals surface area contributed by atoms with E-state index in [9.17, 15) is 9.18 Å². The van der Waals surface area contributed by atoms with Gasteiger partial charge in [-0.25, -0.2) is 14.4 Å². The van der Waals surface area contributed by atoms with Gasteiger partial charge < -0.3 is 15.4 Å². The molecule has 0 radical (unpaired) electrons. The predicted molar refractivity (Wildman–Crippen MR) is 103 cm³/mol. The zero-order valence-electron chi connectivity index (χ0n) is 16.0. The van der Waals surface area contributed by atoms with Crippen LogP contribution in [0.4, 0.5) is 10.3 Å². The molecule has 0 spiro atoms. The van der Waals surface area contributed by atoms with Gasteiger partial charge in [-0.1, -0.05) is 13.0 Å². The smallest absolute Gasteiger partial charge is 0.223 e. The number of rotatable bonds is 8. The molecule has 2 aromatic rings. The van der Waals surface area contributed by atoms with Crippen LogP contribution in [0.1, 0.15) is 38.3 Å². The van der Waals surface area contributed by atoms with E-state index in [2.05, 4.69) is 25.6 Å². The molecule has 2 heterocycles. The molecule has 0 saturated heterocycles. The van der Waals surface area contributed by atoms with Crippen molar-refractivity contribution in [3.8, 4) is 0 Å². The van der Waals surface area contributed by atoms with Crippen molar-refractivity contribution in [2.75, 3.05) is 11.9 Å². The van der Waals surface area contributed by atoms with Crippen LogP contribution in [-0.2, 0) is 16.1 Å². The van der Waals surface area contributed by atoms with Gasteiger partial charge in [0, 0.05) is 18.7 Å². The first-order valence-corrected chi connectivity index (χ1v) is 9.69. The molecule has 8 heteroatoms. The van der Waals surface area contributed by atoms with Gasteiger partial charge in [-0.15, -0.1) is 0 Å². The van der Waals surface area contributed by atoms with Crippen LogP contribution in [0, 0.1) is 11.7 Å². The maximum absolute atomic E-state index is 13.0. The minimum Gasteiger partial charge on any atom is -0.376 e. The summed E-state index contributed by atoms with van der Waals surface area (Å²) in [6.45, 7) is 3.09. The Labute approximate surface area is 164 Å². The minimum atomic E-state index is -0.474. The summed E-state index contributed by atoms with van der Waals surface area (Å²) >= 11 is 0. The van der Waals surface area contributed by atoms with Crippen LogP contribution in [-0.4, -0.2) is 39.6 Å². The van der Waals surface area contributed by atoms with Gasteiger partial charge in [0.1, 0.15) is 0 Å². The van der Waals surface area contributed by atoms with Gasteiger partial charge in [0.15, 0.2) is 5.82 Å². The van der Waals surface area contributed by atoms with E-state index in [0.29, 0.717) is 25.5 Å². The standard InChI is InChI=1S/C20H26FN5O2/c1-2-9-28-18-10-14(19(27)23-13-16-5-3-4-8-22-16)6-7-17(18)26-20-24-11-15(21)12-25-20/h3-5,8,11-12,14,17-18H,2,6-7,9-10,13H2,1H3,(H,23,27)(H,24,25,26)/t14-,17-,18-/m0/s1. The molecule has 1 amide bonds. The van der Waals surface area contributed by atoms with Crippen molar-refractivity contribution in [2.45, 2.75) is 51.3 Å². The van der Waals surface area contributed by atoms with E-state index in [1.165, 1.54) is 0 Å². The molecular weight excluding hydrogens is 361 g/mol. The largest absolute Gasteiger partial charge is 0.376 e. The Kier molecular flexibility index (Phi) is 7.25. The Morgan fingerprint density at radius 1 is 1.25 bits per heavy atom. The summed E-state index contributed by atoms with van der Waals surface area (Å²) in [5.41, 5.74) is 0.832. The third kappa shape index (κ3) is 5.69. The van der Waals surface area contributed by atoms with Crippen molar-refractivity contribution in [1.29, 1.82) is 0 Å². The normalized spacial score (nSPS) is 21.9. The fourth-order valence-electron chi connectivity index (χ4n) is 3.36. The average molecular weight is 387 g/mol. The molecule has 7 nitrogen and oxygen atoms in total. The number of nitrogens with one attached hydrogen (secondary N) is 2. The number of anilines is 1. The maximum atomic E-state index is 13.0. The number of pyridine rings is 1. The zero-order chi connectivity index (χ0) is 19.8. The van der Waals surface area contributed by atoms with Crippen LogP contribution in [0.3, 0.4) is 0 Å². The zero-order valence-corrected chi connectivity index (χ0v) is 16.0. The highest BCUT2D eigenvalue weighted by Gasteiger charge is 2.34. The molecular formula is C20H26FN5O2.